The van der Waals surface area contributed by atoms with Crippen LogP contribution in [0.2, 0.25) is 0 Å². The number of thiazole rings is 1. The fourth-order valence-electron chi connectivity index (χ4n) is 2.57. The van der Waals surface area contributed by atoms with E-state index in [-0.39, 0.29) is 0 Å². The number of nitrogens with two attached hydrogens (primary N) is 1. The summed E-state index contributed by atoms with van der Waals surface area (Å²) >= 11 is 1.74. The average Bonchev–Trinajstić information content (AvgIpc) is 2.78. The molecule has 0 unspecified atom stereocenters. The predicted molar refractivity (Wildman–Crippen MR) is 73.2 cm³/mol. The third-order valence-corrected chi connectivity index (χ3v) is 4.52. The molecule has 96 valence electrons. The van der Waals surface area contributed by atoms with E-state index in [1.165, 1.54) is 42.8 Å². The normalized spacial score (nSPS) is 17.8. The lowest BCUT2D eigenvalue weighted by Gasteiger charge is -2.30. The molecule has 0 aliphatic heterocycles. The molecule has 0 bridgehead atoms. The molecule has 0 saturated heterocycles. The van der Waals surface area contributed by atoms with E-state index in [2.05, 4.69) is 22.3 Å². The average molecular weight is 253 g/mol. The van der Waals surface area contributed by atoms with Crippen molar-refractivity contribution in [2.75, 3.05) is 13.6 Å². The van der Waals surface area contributed by atoms with Gasteiger partial charge in [0.1, 0.15) is 0 Å². The summed E-state index contributed by atoms with van der Waals surface area (Å²) in [6.07, 6.45) is 7.83. The number of hydrogen-bond acceptors (Lipinski definition) is 4. The second-order valence-corrected chi connectivity index (χ2v) is 5.92. The Morgan fingerprint density at radius 2 is 2.18 bits per heavy atom. The Bertz CT molecular complexity index is 331. The molecule has 3 nitrogen and oxygen atoms in total. The van der Waals surface area contributed by atoms with Crippen LogP contribution in [-0.4, -0.2) is 29.5 Å². The van der Waals surface area contributed by atoms with E-state index in [1.807, 2.05) is 0 Å². The highest BCUT2D eigenvalue weighted by molar-refractivity contribution is 7.09. The first kappa shape index (κ1) is 13.0. The van der Waals surface area contributed by atoms with Crippen molar-refractivity contribution in [3.8, 4) is 0 Å². The molecule has 1 aliphatic carbocycles. The molecule has 4 heteroatoms. The van der Waals surface area contributed by atoms with Gasteiger partial charge in [-0.15, -0.1) is 11.3 Å². The molecule has 1 heterocycles. The number of aromatic nitrogens is 1. The van der Waals surface area contributed by atoms with Crippen LogP contribution in [-0.2, 0) is 13.0 Å². The van der Waals surface area contributed by atoms with Crippen LogP contribution in [0.5, 0.6) is 0 Å². The molecule has 1 aliphatic rings. The molecule has 1 aromatic heterocycles. The van der Waals surface area contributed by atoms with Gasteiger partial charge in [0.15, 0.2) is 0 Å². The third-order valence-electron chi connectivity index (χ3n) is 3.57. The van der Waals surface area contributed by atoms with Crippen molar-refractivity contribution in [2.24, 2.45) is 5.73 Å². The van der Waals surface area contributed by atoms with E-state index in [0.29, 0.717) is 6.54 Å². The van der Waals surface area contributed by atoms with Crippen LogP contribution in [0.25, 0.3) is 0 Å². The molecule has 2 N–H and O–H groups in total. The Morgan fingerprint density at radius 1 is 1.41 bits per heavy atom. The van der Waals surface area contributed by atoms with Gasteiger partial charge in [-0.3, -0.25) is 4.90 Å². The minimum atomic E-state index is 0.700. The maximum absolute atomic E-state index is 5.54. The van der Waals surface area contributed by atoms with Crippen LogP contribution < -0.4 is 5.73 Å². The second-order valence-electron chi connectivity index (χ2n) is 4.98. The first-order chi connectivity index (χ1) is 8.29. The van der Waals surface area contributed by atoms with Crippen molar-refractivity contribution in [3.05, 3.63) is 16.1 Å². The van der Waals surface area contributed by atoms with Crippen LogP contribution in [0.15, 0.2) is 5.38 Å². The molecule has 2 rings (SSSR count). The molecular formula is C13H23N3S. The van der Waals surface area contributed by atoms with E-state index < -0.39 is 0 Å². The lowest BCUT2D eigenvalue weighted by Crippen LogP contribution is -2.32. The van der Waals surface area contributed by atoms with Crippen LogP contribution in [0.1, 0.15) is 42.8 Å². The number of nitrogens with zero attached hydrogens (tertiary/aromatic N) is 2. The molecule has 1 fully saturated rings. The van der Waals surface area contributed by atoms with Crippen LogP contribution in [0, 0.1) is 0 Å². The minimum absolute atomic E-state index is 0.700. The van der Waals surface area contributed by atoms with Crippen molar-refractivity contribution in [1.29, 1.82) is 0 Å². The zero-order valence-electron chi connectivity index (χ0n) is 10.7. The largest absolute Gasteiger partial charge is 0.330 e. The summed E-state index contributed by atoms with van der Waals surface area (Å²) in [5.74, 6) is 0. The van der Waals surface area contributed by atoms with Crippen LogP contribution in [0.4, 0.5) is 0 Å². The topological polar surface area (TPSA) is 42.1 Å². The standard InChI is InChI=1S/C13H23N3S/c1-16(12-5-3-2-4-6-12)9-11-10-17-13(15-11)7-8-14/h10,12H,2-9,14H2,1H3. The molecule has 0 aromatic carbocycles. The van der Waals surface area contributed by atoms with Gasteiger partial charge in [0.05, 0.1) is 10.7 Å². The van der Waals surface area contributed by atoms with Gasteiger partial charge >= 0.3 is 0 Å². The van der Waals surface area contributed by atoms with E-state index >= 15 is 0 Å². The molecule has 17 heavy (non-hydrogen) atoms. The van der Waals surface area contributed by atoms with Crippen molar-refractivity contribution >= 4 is 11.3 Å². The van der Waals surface area contributed by atoms with Gasteiger partial charge < -0.3 is 5.73 Å². The molecule has 0 atom stereocenters. The van der Waals surface area contributed by atoms with Gasteiger partial charge in [0.25, 0.3) is 0 Å². The highest BCUT2D eigenvalue weighted by Crippen LogP contribution is 2.23. The summed E-state index contributed by atoms with van der Waals surface area (Å²) in [6.45, 7) is 1.69. The van der Waals surface area contributed by atoms with E-state index in [4.69, 9.17) is 5.73 Å². The van der Waals surface area contributed by atoms with Crippen molar-refractivity contribution in [3.63, 3.8) is 0 Å². The SMILES string of the molecule is CN(Cc1csc(CCN)n1)C1CCCCC1. The number of rotatable bonds is 5. The fraction of sp³-hybridized carbons (Fsp3) is 0.769. The Kier molecular flexibility index (Phi) is 4.95. The zero-order chi connectivity index (χ0) is 12.1. The summed E-state index contributed by atoms with van der Waals surface area (Å²) < 4.78 is 0. The lowest BCUT2D eigenvalue weighted by molar-refractivity contribution is 0.183. The smallest absolute Gasteiger partial charge is 0.0941 e. The molecule has 1 saturated carbocycles. The molecule has 0 spiro atoms. The monoisotopic (exact) mass is 253 g/mol. The summed E-state index contributed by atoms with van der Waals surface area (Å²) in [7, 11) is 2.23. The number of hydrogen-bond donors (Lipinski definition) is 1. The highest BCUT2D eigenvalue weighted by Gasteiger charge is 2.18. The first-order valence-corrected chi connectivity index (χ1v) is 7.51. The van der Waals surface area contributed by atoms with Crippen molar-refractivity contribution < 1.29 is 0 Å². The Hall–Kier alpha value is -0.450. The van der Waals surface area contributed by atoms with Gasteiger partial charge in [0, 0.05) is 24.4 Å². The quantitative estimate of drug-likeness (QED) is 0.876. The van der Waals surface area contributed by atoms with Gasteiger partial charge in [-0.25, -0.2) is 4.98 Å². The van der Waals surface area contributed by atoms with Gasteiger partial charge in [0.2, 0.25) is 0 Å². The molecular weight excluding hydrogens is 230 g/mol. The van der Waals surface area contributed by atoms with Gasteiger partial charge in [-0.2, -0.15) is 0 Å². The van der Waals surface area contributed by atoms with Gasteiger partial charge in [-0.05, 0) is 26.4 Å². The minimum Gasteiger partial charge on any atom is -0.330 e. The predicted octanol–water partition coefficient (Wildman–Crippen LogP) is 2.41. The summed E-state index contributed by atoms with van der Waals surface area (Å²) in [5.41, 5.74) is 6.76. The Balaban J connectivity index is 1.85. The van der Waals surface area contributed by atoms with Crippen LogP contribution >= 0.6 is 11.3 Å². The first-order valence-electron chi connectivity index (χ1n) is 6.63. The summed E-state index contributed by atoms with van der Waals surface area (Å²) in [4.78, 5) is 7.10. The van der Waals surface area contributed by atoms with Crippen LogP contribution in [0.3, 0.4) is 0 Å². The second kappa shape index (κ2) is 6.47. The Labute approximate surface area is 108 Å². The van der Waals surface area contributed by atoms with Crippen molar-refractivity contribution in [1.82, 2.24) is 9.88 Å². The summed E-state index contributed by atoms with van der Waals surface area (Å²) in [5, 5.41) is 3.36. The molecule has 0 radical (unpaired) electrons. The molecule has 0 amide bonds. The third kappa shape index (κ3) is 3.76. The van der Waals surface area contributed by atoms with Gasteiger partial charge in [-0.1, -0.05) is 19.3 Å². The summed E-state index contributed by atoms with van der Waals surface area (Å²) in [6, 6.07) is 0.767. The maximum Gasteiger partial charge on any atom is 0.0941 e. The lowest BCUT2D eigenvalue weighted by atomic mass is 9.94. The Morgan fingerprint density at radius 3 is 2.88 bits per heavy atom. The highest BCUT2D eigenvalue weighted by atomic mass is 32.1. The zero-order valence-corrected chi connectivity index (χ0v) is 11.5. The van der Waals surface area contributed by atoms with E-state index in [1.54, 1.807) is 11.3 Å². The van der Waals surface area contributed by atoms with E-state index in [0.717, 1.165) is 19.0 Å². The maximum atomic E-state index is 5.54. The van der Waals surface area contributed by atoms with Crippen molar-refractivity contribution in [2.45, 2.75) is 51.1 Å². The fourth-order valence-corrected chi connectivity index (χ4v) is 3.37. The van der Waals surface area contributed by atoms with E-state index in [9.17, 15) is 0 Å². The molecule has 1 aromatic rings.